The van der Waals surface area contributed by atoms with Crippen LogP contribution in [-0.4, -0.2) is 62.7 Å². The number of hydrogen-bond donors (Lipinski definition) is 1. The monoisotopic (exact) mass is 213 g/mol. The van der Waals surface area contributed by atoms with Crippen molar-refractivity contribution in [1.29, 1.82) is 0 Å². The van der Waals surface area contributed by atoms with Gasteiger partial charge in [-0.2, -0.15) is 0 Å². The standard InChI is InChI=1S/C12H27N3/c1-11(2)8-15-7-5-6-13-12(10-15)9-14(3)4/h11-13H,5-10H2,1-4H3. The zero-order valence-corrected chi connectivity index (χ0v) is 10.8. The Morgan fingerprint density at radius 2 is 2.13 bits per heavy atom. The van der Waals surface area contributed by atoms with E-state index in [1.54, 1.807) is 0 Å². The molecule has 0 spiro atoms. The van der Waals surface area contributed by atoms with Gasteiger partial charge in [-0.3, -0.25) is 0 Å². The van der Waals surface area contributed by atoms with Gasteiger partial charge in [-0.15, -0.1) is 0 Å². The zero-order valence-electron chi connectivity index (χ0n) is 10.8. The Morgan fingerprint density at radius 1 is 1.40 bits per heavy atom. The summed E-state index contributed by atoms with van der Waals surface area (Å²) in [6, 6.07) is 0.640. The lowest BCUT2D eigenvalue weighted by atomic mass is 10.2. The highest BCUT2D eigenvalue weighted by Crippen LogP contribution is 2.05. The van der Waals surface area contributed by atoms with E-state index in [0.29, 0.717) is 6.04 Å². The smallest absolute Gasteiger partial charge is 0.0322 e. The van der Waals surface area contributed by atoms with Crippen LogP contribution in [-0.2, 0) is 0 Å². The molecule has 0 aliphatic carbocycles. The van der Waals surface area contributed by atoms with E-state index < -0.39 is 0 Å². The van der Waals surface area contributed by atoms with Gasteiger partial charge in [0.1, 0.15) is 0 Å². The molecule has 0 aromatic rings. The second-order valence-corrected chi connectivity index (χ2v) is 5.42. The van der Waals surface area contributed by atoms with E-state index in [1.807, 2.05) is 0 Å². The van der Waals surface area contributed by atoms with Crippen LogP contribution < -0.4 is 5.32 Å². The molecule has 15 heavy (non-hydrogen) atoms. The van der Waals surface area contributed by atoms with E-state index in [9.17, 15) is 0 Å². The molecule has 0 saturated carbocycles. The Morgan fingerprint density at radius 3 is 2.73 bits per heavy atom. The first kappa shape index (κ1) is 12.9. The highest BCUT2D eigenvalue weighted by atomic mass is 15.2. The minimum atomic E-state index is 0.640. The van der Waals surface area contributed by atoms with Gasteiger partial charge < -0.3 is 15.1 Å². The van der Waals surface area contributed by atoms with Crippen LogP contribution >= 0.6 is 0 Å². The van der Waals surface area contributed by atoms with E-state index in [-0.39, 0.29) is 0 Å². The highest BCUT2D eigenvalue weighted by Gasteiger charge is 2.18. The average molecular weight is 213 g/mol. The summed E-state index contributed by atoms with van der Waals surface area (Å²) in [7, 11) is 4.30. The number of hydrogen-bond acceptors (Lipinski definition) is 3. The molecule has 0 bridgehead atoms. The average Bonchev–Trinajstić information content (AvgIpc) is 2.28. The predicted octanol–water partition coefficient (Wildman–Crippen LogP) is 0.868. The molecule has 1 aliphatic heterocycles. The fourth-order valence-corrected chi connectivity index (χ4v) is 2.32. The lowest BCUT2D eigenvalue weighted by Crippen LogP contribution is -2.44. The van der Waals surface area contributed by atoms with Crippen molar-refractivity contribution >= 4 is 0 Å². The first-order valence-electron chi connectivity index (χ1n) is 6.18. The zero-order chi connectivity index (χ0) is 11.3. The Bertz CT molecular complexity index is 150. The topological polar surface area (TPSA) is 18.5 Å². The molecule has 3 heteroatoms. The van der Waals surface area contributed by atoms with Crippen LogP contribution in [0, 0.1) is 5.92 Å². The Hall–Kier alpha value is -0.120. The quantitative estimate of drug-likeness (QED) is 0.747. The van der Waals surface area contributed by atoms with Crippen LogP contribution in [0.25, 0.3) is 0 Å². The molecule has 1 heterocycles. The molecule has 1 fully saturated rings. The maximum Gasteiger partial charge on any atom is 0.0322 e. The summed E-state index contributed by atoms with van der Waals surface area (Å²) in [5.41, 5.74) is 0. The van der Waals surface area contributed by atoms with Crippen molar-refractivity contribution in [2.75, 3.05) is 46.8 Å². The summed E-state index contributed by atoms with van der Waals surface area (Å²) in [4.78, 5) is 4.88. The normalized spacial score (nSPS) is 24.8. The van der Waals surface area contributed by atoms with Gasteiger partial charge in [-0.25, -0.2) is 0 Å². The Kier molecular flexibility index (Phi) is 5.58. The second kappa shape index (κ2) is 6.46. The van der Waals surface area contributed by atoms with Crippen molar-refractivity contribution in [1.82, 2.24) is 15.1 Å². The van der Waals surface area contributed by atoms with Gasteiger partial charge in [0.15, 0.2) is 0 Å². The third kappa shape index (κ3) is 5.50. The third-order valence-electron chi connectivity index (χ3n) is 2.77. The molecule has 1 rings (SSSR count). The van der Waals surface area contributed by atoms with E-state index in [1.165, 1.54) is 32.6 Å². The molecule has 1 atom stereocenters. The maximum absolute atomic E-state index is 3.63. The summed E-state index contributed by atoms with van der Waals surface area (Å²) < 4.78 is 0. The summed E-state index contributed by atoms with van der Waals surface area (Å²) in [6.45, 7) is 10.6. The van der Waals surface area contributed by atoms with Crippen molar-refractivity contribution in [3.05, 3.63) is 0 Å². The molecule has 0 aromatic heterocycles. The summed E-state index contributed by atoms with van der Waals surface area (Å²) in [5, 5.41) is 3.63. The fourth-order valence-electron chi connectivity index (χ4n) is 2.32. The van der Waals surface area contributed by atoms with Gasteiger partial charge in [-0.05, 0) is 39.5 Å². The van der Waals surface area contributed by atoms with Gasteiger partial charge in [0.25, 0.3) is 0 Å². The largest absolute Gasteiger partial charge is 0.311 e. The van der Waals surface area contributed by atoms with Crippen molar-refractivity contribution in [2.45, 2.75) is 26.3 Å². The molecule has 90 valence electrons. The van der Waals surface area contributed by atoms with E-state index in [4.69, 9.17) is 0 Å². The highest BCUT2D eigenvalue weighted by molar-refractivity contribution is 4.78. The van der Waals surface area contributed by atoms with E-state index in [2.05, 4.69) is 43.1 Å². The van der Waals surface area contributed by atoms with Crippen molar-refractivity contribution < 1.29 is 0 Å². The number of likely N-dealkylation sites (N-methyl/N-ethyl adjacent to an activating group) is 1. The first-order valence-corrected chi connectivity index (χ1v) is 6.18. The molecule has 1 aliphatic rings. The summed E-state index contributed by atoms with van der Waals surface area (Å²) >= 11 is 0. The molecular weight excluding hydrogens is 186 g/mol. The first-order chi connectivity index (χ1) is 7.08. The molecule has 1 saturated heterocycles. The maximum atomic E-state index is 3.63. The molecule has 0 aromatic carbocycles. The SMILES string of the molecule is CC(C)CN1CCCNC(CN(C)C)C1. The molecule has 1 N–H and O–H groups in total. The lowest BCUT2D eigenvalue weighted by molar-refractivity contribution is 0.222. The van der Waals surface area contributed by atoms with Gasteiger partial charge in [0.2, 0.25) is 0 Å². The number of rotatable bonds is 4. The van der Waals surface area contributed by atoms with Crippen molar-refractivity contribution in [3.8, 4) is 0 Å². The Balaban J connectivity index is 2.38. The lowest BCUT2D eigenvalue weighted by Gasteiger charge is -2.27. The third-order valence-corrected chi connectivity index (χ3v) is 2.77. The van der Waals surface area contributed by atoms with E-state index in [0.717, 1.165) is 12.5 Å². The van der Waals surface area contributed by atoms with Gasteiger partial charge in [0.05, 0.1) is 0 Å². The van der Waals surface area contributed by atoms with Crippen LogP contribution in [0.1, 0.15) is 20.3 Å². The predicted molar refractivity (Wildman–Crippen MR) is 66.2 cm³/mol. The van der Waals surface area contributed by atoms with Crippen LogP contribution in [0.3, 0.4) is 0 Å². The van der Waals surface area contributed by atoms with Gasteiger partial charge >= 0.3 is 0 Å². The minimum Gasteiger partial charge on any atom is -0.311 e. The van der Waals surface area contributed by atoms with Crippen LogP contribution in [0.4, 0.5) is 0 Å². The molecule has 0 amide bonds. The minimum absolute atomic E-state index is 0.640. The summed E-state index contributed by atoms with van der Waals surface area (Å²) in [5.74, 6) is 0.781. The van der Waals surface area contributed by atoms with Gasteiger partial charge in [-0.1, -0.05) is 13.8 Å². The van der Waals surface area contributed by atoms with Gasteiger partial charge in [0, 0.05) is 25.7 Å². The van der Waals surface area contributed by atoms with Crippen LogP contribution in [0.5, 0.6) is 0 Å². The summed E-state index contributed by atoms with van der Waals surface area (Å²) in [6.07, 6.45) is 1.29. The Labute approximate surface area is 94.8 Å². The fraction of sp³-hybridized carbons (Fsp3) is 1.00. The second-order valence-electron chi connectivity index (χ2n) is 5.42. The molecule has 0 radical (unpaired) electrons. The molecular formula is C12H27N3. The molecule has 3 nitrogen and oxygen atoms in total. The molecule has 1 unspecified atom stereocenters. The van der Waals surface area contributed by atoms with Crippen molar-refractivity contribution in [2.24, 2.45) is 5.92 Å². The van der Waals surface area contributed by atoms with Crippen LogP contribution in [0.15, 0.2) is 0 Å². The number of nitrogens with one attached hydrogen (secondary N) is 1. The number of nitrogens with zero attached hydrogens (tertiary/aromatic N) is 2. The van der Waals surface area contributed by atoms with Crippen molar-refractivity contribution in [3.63, 3.8) is 0 Å². The van der Waals surface area contributed by atoms with E-state index >= 15 is 0 Å². The van der Waals surface area contributed by atoms with Crippen LogP contribution in [0.2, 0.25) is 0 Å².